The molecule has 3 rings (SSSR count). The molecule has 0 aliphatic carbocycles. The molecule has 21 heavy (non-hydrogen) atoms. The third kappa shape index (κ3) is 2.86. The van der Waals surface area contributed by atoms with E-state index in [2.05, 4.69) is 35.0 Å². The topological polar surface area (TPSA) is 41.5 Å². The lowest BCUT2D eigenvalue weighted by atomic mass is 10.1. The third-order valence-electron chi connectivity index (χ3n) is 3.49. The van der Waals surface area contributed by atoms with Crippen molar-refractivity contribution in [3.05, 3.63) is 59.0 Å². The van der Waals surface area contributed by atoms with Gasteiger partial charge in [-0.3, -0.25) is 0 Å². The summed E-state index contributed by atoms with van der Waals surface area (Å²) in [4.78, 5) is 0. The van der Waals surface area contributed by atoms with Crippen LogP contribution in [0.3, 0.4) is 0 Å². The van der Waals surface area contributed by atoms with Crippen LogP contribution in [-0.2, 0) is 13.2 Å². The summed E-state index contributed by atoms with van der Waals surface area (Å²) >= 11 is 1.76. The van der Waals surface area contributed by atoms with Gasteiger partial charge in [0.25, 0.3) is 0 Å². The fraction of sp³-hybridized carbons (Fsp3) is 0.176. The number of hydrogen-bond acceptors (Lipinski definition) is 4. The van der Waals surface area contributed by atoms with Gasteiger partial charge in [0, 0.05) is 22.5 Å². The van der Waals surface area contributed by atoms with Gasteiger partial charge in [-0.25, -0.2) is 0 Å². The second-order valence-electron chi connectivity index (χ2n) is 4.80. The predicted octanol–water partition coefficient (Wildman–Crippen LogP) is 4.01. The molecule has 0 bridgehead atoms. The van der Waals surface area contributed by atoms with Crippen LogP contribution in [0.15, 0.2) is 47.8 Å². The van der Waals surface area contributed by atoms with Crippen LogP contribution < -0.4 is 10.1 Å². The van der Waals surface area contributed by atoms with E-state index in [0.717, 1.165) is 17.8 Å². The summed E-state index contributed by atoms with van der Waals surface area (Å²) in [7, 11) is 1.61. The maximum Gasteiger partial charge on any atom is 0.124 e. The second kappa shape index (κ2) is 6.16. The number of benzene rings is 2. The number of ether oxygens (including phenoxy) is 1. The molecule has 2 aromatic carbocycles. The molecule has 3 nitrogen and oxygen atoms in total. The quantitative estimate of drug-likeness (QED) is 0.748. The average molecular weight is 299 g/mol. The van der Waals surface area contributed by atoms with Gasteiger partial charge in [-0.1, -0.05) is 18.2 Å². The molecule has 2 N–H and O–H groups in total. The highest BCUT2D eigenvalue weighted by molar-refractivity contribution is 7.17. The number of methoxy groups -OCH3 is 1. The molecule has 4 heteroatoms. The smallest absolute Gasteiger partial charge is 0.124 e. The van der Waals surface area contributed by atoms with Gasteiger partial charge in [0.05, 0.1) is 13.7 Å². The molecule has 0 atom stereocenters. The van der Waals surface area contributed by atoms with Gasteiger partial charge in [-0.15, -0.1) is 11.3 Å². The fourth-order valence-corrected chi connectivity index (χ4v) is 3.34. The Morgan fingerprint density at radius 2 is 2.00 bits per heavy atom. The zero-order chi connectivity index (χ0) is 14.7. The van der Waals surface area contributed by atoms with Crippen molar-refractivity contribution in [3.63, 3.8) is 0 Å². The second-order valence-corrected chi connectivity index (χ2v) is 5.71. The van der Waals surface area contributed by atoms with E-state index < -0.39 is 0 Å². The van der Waals surface area contributed by atoms with Crippen molar-refractivity contribution in [2.45, 2.75) is 13.2 Å². The van der Waals surface area contributed by atoms with Crippen LogP contribution in [0.4, 0.5) is 5.69 Å². The van der Waals surface area contributed by atoms with Crippen LogP contribution >= 0.6 is 11.3 Å². The number of hydrogen-bond donors (Lipinski definition) is 2. The molecule has 0 unspecified atom stereocenters. The van der Waals surface area contributed by atoms with E-state index in [1.165, 1.54) is 15.6 Å². The van der Waals surface area contributed by atoms with Crippen LogP contribution in [0.25, 0.3) is 10.1 Å². The summed E-state index contributed by atoms with van der Waals surface area (Å²) in [5.74, 6) is 0.712. The number of thiophene rings is 1. The van der Waals surface area contributed by atoms with Gasteiger partial charge in [0.1, 0.15) is 5.75 Å². The summed E-state index contributed by atoms with van der Waals surface area (Å²) in [6.07, 6.45) is 0. The van der Waals surface area contributed by atoms with Crippen molar-refractivity contribution in [2.75, 3.05) is 12.4 Å². The lowest BCUT2D eigenvalue weighted by molar-refractivity contribution is 0.274. The van der Waals surface area contributed by atoms with Crippen LogP contribution in [0.2, 0.25) is 0 Å². The van der Waals surface area contributed by atoms with Crippen molar-refractivity contribution in [3.8, 4) is 5.75 Å². The van der Waals surface area contributed by atoms with E-state index >= 15 is 0 Å². The molecule has 0 radical (unpaired) electrons. The molecule has 0 spiro atoms. The minimum Gasteiger partial charge on any atom is -0.496 e. The normalized spacial score (nSPS) is 10.8. The van der Waals surface area contributed by atoms with E-state index in [0.29, 0.717) is 5.75 Å². The summed E-state index contributed by atoms with van der Waals surface area (Å²) in [6.45, 7) is 0.737. The Kier molecular flexibility index (Phi) is 4.08. The lowest BCUT2D eigenvalue weighted by Gasteiger charge is -2.10. The van der Waals surface area contributed by atoms with Gasteiger partial charge in [0.2, 0.25) is 0 Å². The first-order chi connectivity index (χ1) is 10.3. The summed E-state index contributed by atoms with van der Waals surface area (Å²) < 4.78 is 6.52. The Morgan fingerprint density at radius 3 is 2.81 bits per heavy atom. The van der Waals surface area contributed by atoms with Gasteiger partial charge >= 0.3 is 0 Å². The highest BCUT2D eigenvalue weighted by atomic mass is 32.1. The molecule has 0 saturated heterocycles. The number of aliphatic hydroxyl groups excluding tert-OH is 1. The van der Waals surface area contributed by atoms with Crippen molar-refractivity contribution in [1.82, 2.24) is 0 Å². The number of nitrogens with one attached hydrogen (secondary N) is 1. The Labute approximate surface area is 127 Å². The van der Waals surface area contributed by atoms with E-state index in [1.54, 1.807) is 18.4 Å². The van der Waals surface area contributed by atoms with E-state index in [1.807, 2.05) is 18.2 Å². The van der Waals surface area contributed by atoms with Gasteiger partial charge in [-0.05, 0) is 40.6 Å². The standard InChI is InChI=1S/C17H17NO2S/c1-20-16-7-6-14(8-12(16)10-19)18-9-13-11-21-17-5-3-2-4-15(13)17/h2-8,11,18-19H,9-10H2,1H3. The molecule has 1 heterocycles. The molecular formula is C17H17NO2S. The fourth-order valence-electron chi connectivity index (χ4n) is 2.38. The lowest BCUT2D eigenvalue weighted by Crippen LogP contribution is -2.00. The first-order valence-electron chi connectivity index (χ1n) is 6.78. The number of anilines is 1. The molecule has 3 aromatic rings. The Bertz CT molecular complexity index is 751. The van der Waals surface area contributed by atoms with Crippen molar-refractivity contribution in [1.29, 1.82) is 0 Å². The molecular weight excluding hydrogens is 282 g/mol. The monoisotopic (exact) mass is 299 g/mol. The molecule has 0 aliphatic heterocycles. The number of aliphatic hydroxyl groups is 1. The van der Waals surface area contributed by atoms with E-state index in [4.69, 9.17) is 4.74 Å². The minimum atomic E-state index is -0.0277. The Hall–Kier alpha value is -2.04. The van der Waals surface area contributed by atoms with Crippen LogP contribution in [0, 0.1) is 0 Å². The largest absolute Gasteiger partial charge is 0.496 e. The number of fused-ring (bicyclic) bond motifs is 1. The van der Waals surface area contributed by atoms with Crippen LogP contribution in [-0.4, -0.2) is 12.2 Å². The zero-order valence-electron chi connectivity index (χ0n) is 11.8. The van der Waals surface area contributed by atoms with Crippen molar-refractivity contribution >= 4 is 27.1 Å². The SMILES string of the molecule is COc1ccc(NCc2csc3ccccc23)cc1CO. The van der Waals surface area contributed by atoms with Crippen molar-refractivity contribution in [2.24, 2.45) is 0 Å². The Morgan fingerprint density at radius 1 is 1.14 bits per heavy atom. The summed E-state index contributed by atoms with van der Waals surface area (Å²) in [6, 6.07) is 14.2. The third-order valence-corrected chi connectivity index (χ3v) is 4.51. The van der Waals surface area contributed by atoms with Crippen molar-refractivity contribution < 1.29 is 9.84 Å². The first kappa shape index (κ1) is 13.9. The maximum absolute atomic E-state index is 9.36. The zero-order valence-corrected chi connectivity index (χ0v) is 12.6. The highest BCUT2D eigenvalue weighted by Gasteiger charge is 2.05. The van der Waals surface area contributed by atoms with E-state index in [9.17, 15) is 5.11 Å². The Balaban J connectivity index is 1.78. The maximum atomic E-state index is 9.36. The van der Waals surface area contributed by atoms with Gasteiger partial charge in [-0.2, -0.15) is 0 Å². The highest BCUT2D eigenvalue weighted by Crippen LogP contribution is 2.27. The molecule has 108 valence electrons. The van der Waals surface area contributed by atoms with Crippen LogP contribution in [0.1, 0.15) is 11.1 Å². The number of rotatable bonds is 5. The molecule has 1 aromatic heterocycles. The van der Waals surface area contributed by atoms with E-state index in [-0.39, 0.29) is 6.61 Å². The van der Waals surface area contributed by atoms with Gasteiger partial charge in [0.15, 0.2) is 0 Å². The average Bonchev–Trinajstić information content (AvgIpc) is 2.96. The molecule has 0 fully saturated rings. The predicted molar refractivity (Wildman–Crippen MR) is 88.1 cm³/mol. The van der Waals surface area contributed by atoms with Crippen LogP contribution in [0.5, 0.6) is 5.75 Å². The van der Waals surface area contributed by atoms with Gasteiger partial charge < -0.3 is 15.2 Å². The summed E-state index contributed by atoms with van der Waals surface area (Å²) in [5.41, 5.74) is 3.06. The minimum absolute atomic E-state index is 0.0277. The molecule has 0 aliphatic rings. The summed E-state index contributed by atoms with van der Waals surface area (Å²) in [5, 5.41) is 16.3. The first-order valence-corrected chi connectivity index (χ1v) is 7.66. The molecule has 0 amide bonds. The molecule has 0 saturated carbocycles.